The Hall–Kier alpha value is -3.45. The fourth-order valence-corrected chi connectivity index (χ4v) is 5.65. The molecule has 2 aliphatic rings. The molecule has 12 nitrogen and oxygen atoms in total. The van der Waals surface area contributed by atoms with Gasteiger partial charge in [-0.25, -0.2) is 0 Å². The van der Waals surface area contributed by atoms with E-state index >= 15 is 0 Å². The molecular formula is C30H45N5O7. The van der Waals surface area contributed by atoms with Gasteiger partial charge in [-0.1, -0.05) is 6.42 Å². The van der Waals surface area contributed by atoms with Crippen LogP contribution in [-0.4, -0.2) is 114 Å². The number of likely N-dealkylation sites (tertiary alicyclic amines) is 1. The lowest BCUT2D eigenvalue weighted by atomic mass is 9.90. The molecule has 7 N–H and O–H groups in total. The molecule has 0 bridgehead atoms. The predicted octanol–water partition coefficient (Wildman–Crippen LogP) is 0.994. The van der Waals surface area contributed by atoms with Gasteiger partial charge < -0.3 is 41.3 Å². The molecule has 0 aromatic heterocycles. The quantitative estimate of drug-likeness (QED) is 0.206. The van der Waals surface area contributed by atoms with Crippen molar-refractivity contribution < 1.29 is 34.8 Å². The molecule has 232 valence electrons. The van der Waals surface area contributed by atoms with Gasteiger partial charge in [0, 0.05) is 44.0 Å². The highest BCUT2D eigenvalue weighted by Gasteiger charge is 2.35. The fourth-order valence-electron chi connectivity index (χ4n) is 5.65. The number of Topliss-reactive ketones (excluding diaryl/α,β-unsaturated/α-hetero) is 1. The maximum Gasteiger partial charge on any atom is 0.255 e. The van der Waals surface area contributed by atoms with E-state index in [-0.39, 0.29) is 17.4 Å². The Morgan fingerprint density at radius 2 is 1.71 bits per heavy atom. The Kier molecular flexibility index (Phi) is 11.1. The van der Waals surface area contributed by atoms with Gasteiger partial charge in [0.2, 0.25) is 5.78 Å². The summed E-state index contributed by atoms with van der Waals surface area (Å²) in [7, 11) is 9.09. The number of anilines is 1. The van der Waals surface area contributed by atoms with Gasteiger partial charge in [0.25, 0.3) is 5.91 Å². The first kappa shape index (κ1) is 33.1. The first-order chi connectivity index (χ1) is 19.7. The standard InChI is InChI=1S/C30H45N5O7/c1-33(2)20-9-7-6-8-19-21(34(3)4)14-17(16-32-18-10-12-35(5)13-11-18)26(38)24(19)22(36)15-23(37)28(40)29(41)25(27(20)39)30(31)42/h14-15,18,20,28,32,36,38-40H,6-13,16H2,1-5H3,(H2,31,42)/b22-15?,27-25-/t20?,28-/m0/s1. The van der Waals surface area contributed by atoms with Crippen LogP contribution in [-0.2, 0) is 27.3 Å². The molecule has 1 aromatic carbocycles. The first-order valence-corrected chi connectivity index (χ1v) is 14.3. The first-order valence-electron chi connectivity index (χ1n) is 14.3. The lowest BCUT2D eigenvalue weighted by molar-refractivity contribution is -0.134. The SMILES string of the molecule is CN1CCC(NCc2cc(N(C)C)c3c(c2O)C(O)=CC(=O)[C@H](O)C(=O)/C(C(N)=O)=C(/O)C(N(C)C)CCCC3)CC1. The number of fused-ring (bicyclic) bond motifs is 1. The Bertz CT molecular complexity index is 1250. The van der Waals surface area contributed by atoms with Crippen LogP contribution in [0.25, 0.3) is 5.76 Å². The summed E-state index contributed by atoms with van der Waals surface area (Å²) in [5.74, 6) is -5.32. The number of benzene rings is 1. The second kappa shape index (κ2) is 14.1. The number of hydrogen-bond donors (Lipinski definition) is 6. The average Bonchev–Trinajstić information content (AvgIpc) is 2.91. The van der Waals surface area contributed by atoms with Gasteiger partial charge in [0.15, 0.2) is 11.9 Å². The van der Waals surface area contributed by atoms with Gasteiger partial charge in [-0.3, -0.25) is 19.3 Å². The zero-order valence-electron chi connectivity index (χ0n) is 25.2. The number of piperidine rings is 1. The molecule has 1 aliphatic carbocycles. The number of primary amides is 1. The zero-order chi connectivity index (χ0) is 31.3. The van der Waals surface area contributed by atoms with Crippen molar-refractivity contribution in [2.24, 2.45) is 5.73 Å². The number of hydrogen-bond acceptors (Lipinski definition) is 11. The van der Waals surface area contributed by atoms with Crippen LogP contribution in [0, 0.1) is 0 Å². The summed E-state index contributed by atoms with van der Waals surface area (Å²) < 4.78 is 0. The van der Waals surface area contributed by atoms with Crippen LogP contribution in [0.3, 0.4) is 0 Å². The number of likely N-dealkylation sites (N-methyl/N-ethyl adjacent to an activating group) is 1. The molecule has 0 saturated carbocycles. The van der Waals surface area contributed by atoms with Gasteiger partial charge in [-0.05, 0) is 78.0 Å². The molecule has 42 heavy (non-hydrogen) atoms. The smallest absolute Gasteiger partial charge is 0.255 e. The second-order valence-corrected chi connectivity index (χ2v) is 11.7. The van der Waals surface area contributed by atoms with Crippen molar-refractivity contribution in [3.05, 3.63) is 40.2 Å². The molecule has 1 saturated heterocycles. The normalized spacial score (nSPS) is 23.8. The van der Waals surface area contributed by atoms with Crippen LogP contribution in [0.4, 0.5) is 5.69 Å². The average molecular weight is 588 g/mol. The third-order valence-electron chi connectivity index (χ3n) is 8.14. The van der Waals surface area contributed by atoms with Crippen LogP contribution < -0.4 is 16.0 Å². The van der Waals surface area contributed by atoms with Crippen LogP contribution >= 0.6 is 0 Å². The Morgan fingerprint density at radius 3 is 2.29 bits per heavy atom. The second-order valence-electron chi connectivity index (χ2n) is 11.7. The van der Waals surface area contributed by atoms with Gasteiger partial charge >= 0.3 is 0 Å². The Morgan fingerprint density at radius 1 is 1.07 bits per heavy atom. The number of phenolic OH excluding ortho intramolecular Hbond substituents is 1. The molecular weight excluding hydrogens is 542 g/mol. The van der Waals surface area contributed by atoms with Crippen molar-refractivity contribution in [1.29, 1.82) is 0 Å². The summed E-state index contributed by atoms with van der Waals surface area (Å²) in [5.41, 5.74) is 6.43. The summed E-state index contributed by atoms with van der Waals surface area (Å²) in [5, 5.41) is 47.6. The number of phenols is 1. The monoisotopic (exact) mass is 587 g/mol. The largest absolute Gasteiger partial charge is 0.510 e. The third kappa shape index (κ3) is 7.49. The molecule has 1 heterocycles. The zero-order valence-corrected chi connectivity index (χ0v) is 25.2. The predicted molar refractivity (Wildman–Crippen MR) is 160 cm³/mol. The van der Waals surface area contributed by atoms with E-state index in [0.29, 0.717) is 49.4 Å². The van der Waals surface area contributed by atoms with Crippen LogP contribution in [0.1, 0.15) is 48.8 Å². The molecule has 1 aromatic rings. The number of nitrogens with two attached hydrogens (primary N) is 1. The molecule has 0 radical (unpaired) electrons. The topological polar surface area (TPSA) is 180 Å². The molecule has 0 spiro atoms. The molecule has 12 heteroatoms. The molecule has 1 amide bonds. The third-order valence-corrected chi connectivity index (χ3v) is 8.14. The number of nitrogens with zero attached hydrogens (tertiary/aromatic N) is 3. The number of amides is 1. The fraction of sp³-hybridized carbons (Fsp3) is 0.567. The lowest BCUT2D eigenvalue weighted by Gasteiger charge is -2.30. The van der Waals surface area contributed by atoms with Crippen molar-refractivity contribution in [3.8, 4) is 5.75 Å². The molecule has 2 atom stereocenters. The van der Waals surface area contributed by atoms with Gasteiger partial charge in [0.1, 0.15) is 22.8 Å². The van der Waals surface area contributed by atoms with Crippen molar-refractivity contribution in [3.63, 3.8) is 0 Å². The van der Waals surface area contributed by atoms with E-state index < -0.39 is 46.7 Å². The van der Waals surface area contributed by atoms with E-state index in [9.17, 15) is 34.8 Å². The summed E-state index contributed by atoms with van der Waals surface area (Å²) in [6.07, 6.45) is 1.99. The number of aromatic hydroxyl groups is 1. The van der Waals surface area contributed by atoms with E-state index in [2.05, 4.69) is 17.3 Å². The highest BCUT2D eigenvalue weighted by Crippen LogP contribution is 2.39. The van der Waals surface area contributed by atoms with E-state index in [0.717, 1.165) is 31.6 Å². The maximum atomic E-state index is 13.0. The minimum atomic E-state index is -2.41. The van der Waals surface area contributed by atoms with E-state index in [1.807, 2.05) is 25.1 Å². The summed E-state index contributed by atoms with van der Waals surface area (Å²) >= 11 is 0. The maximum absolute atomic E-state index is 13.0. The number of nitrogens with one attached hydrogen (secondary N) is 1. The van der Waals surface area contributed by atoms with E-state index in [1.165, 1.54) is 0 Å². The van der Waals surface area contributed by atoms with Gasteiger partial charge in [-0.2, -0.15) is 0 Å². The van der Waals surface area contributed by atoms with Gasteiger partial charge in [0.05, 0.1) is 11.6 Å². The number of ketones is 2. The van der Waals surface area contributed by atoms with Crippen molar-refractivity contribution in [1.82, 2.24) is 15.1 Å². The minimum absolute atomic E-state index is 0.0455. The van der Waals surface area contributed by atoms with Crippen LogP contribution in [0.5, 0.6) is 5.75 Å². The Labute approximate surface area is 247 Å². The van der Waals surface area contributed by atoms with Crippen molar-refractivity contribution in [2.75, 3.05) is 53.2 Å². The molecule has 1 unspecified atom stereocenters. The lowest BCUT2D eigenvalue weighted by Crippen LogP contribution is -2.40. The minimum Gasteiger partial charge on any atom is -0.510 e. The number of aliphatic hydroxyl groups excluding tert-OH is 3. The highest BCUT2D eigenvalue weighted by molar-refractivity contribution is 6.27. The Balaban J connectivity index is 2.11. The van der Waals surface area contributed by atoms with Crippen LogP contribution in [0.2, 0.25) is 0 Å². The number of rotatable bonds is 6. The van der Waals surface area contributed by atoms with Crippen LogP contribution in [0.15, 0.2) is 23.5 Å². The summed E-state index contributed by atoms with van der Waals surface area (Å²) in [4.78, 5) is 43.9. The summed E-state index contributed by atoms with van der Waals surface area (Å²) in [6.45, 7) is 2.25. The molecule has 1 aliphatic heterocycles. The number of carbonyl (C=O) groups excluding carboxylic acids is 3. The van der Waals surface area contributed by atoms with E-state index in [1.54, 1.807) is 19.0 Å². The summed E-state index contributed by atoms with van der Waals surface area (Å²) in [6, 6.07) is 1.35. The molecule has 1 fully saturated rings. The number of aliphatic hydroxyl groups is 3. The van der Waals surface area contributed by atoms with Crippen molar-refractivity contribution >= 4 is 28.9 Å². The van der Waals surface area contributed by atoms with E-state index in [4.69, 9.17) is 5.73 Å². The van der Waals surface area contributed by atoms with Crippen molar-refractivity contribution in [2.45, 2.75) is 63.3 Å². The molecule has 3 rings (SSSR count). The number of carbonyl (C=O) groups is 3. The van der Waals surface area contributed by atoms with Gasteiger partial charge in [-0.15, -0.1) is 0 Å². The highest BCUT2D eigenvalue weighted by atomic mass is 16.3.